The lowest BCUT2D eigenvalue weighted by Gasteiger charge is -2.18. The minimum atomic E-state index is -0.786. The summed E-state index contributed by atoms with van der Waals surface area (Å²) in [5.41, 5.74) is 3.10. The maximum absolute atomic E-state index is 12.6. The average Bonchev–Trinajstić information content (AvgIpc) is 3.42. The summed E-state index contributed by atoms with van der Waals surface area (Å²) in [5, 5.41) is 18.1. The van der Waals surface area contributed by atoms with Crippen molar-refractivity contribution in [3.63, 3.8) is 0 Å². The van der Waals surface area contributed by atoms with Crippen LogP contribution >= 0.6 is 0 Å². The van der Waals surface area contributed by atoms with Crippen molar-refractivity contribution >= 4 is 22.8 Å². The average molecular weight is 401 g/mol. The first kappa shape index (κ1) is 19.5. The Kier molecular flexibility index (Phi) is 5.66. The van der Waals surface area contributed by atoms with E-state index in [1.807, 2.05) is 54.7 Å². The van der Waals surface area contributed by atoms with Crippen molar-refractivity contribution in [2.45, 2.75) is 30.8 Å². The number of carbonyl (C=O) groups is 2. The molecule has 1 heterocycles. The molecule has 3 unspecified atom stereocenters. The van der Waals surface area contributed by atoms with Gasteiger partial charge in [-0.3, -0.25) is 4.79 Å². The molecule has 2 aromatic carbocycles. The van der Waals surface area contributed by atoms with Gasteiger partial charge in [0, 0.05) is 35.5 Å². The highest BCUT2D eigenvalue weighted by Gasteiger charge is 2.39. The van der Waals surface area contributed by atoms with Crippen LogP contribution in [0.5, 0.6) is 0 Å². The van der Waals surface area contributed by atoms with Crippen LogP contribution in [0.2, 0.25) is 0 Å². The predicted octanol–water partition coefficient (Wildman–Crippen LogP) is 2.57. The molecule has 7 heteroatoms. The van der Waals surface area contributed by atoms with Crippen LogP contribution in [0, 0.1) is 11.3 Å². The number of nitriles is 1. The summed E-state index contributed by atoms with van der Waals surface area (Å²) < 4.78 is 0. The van der Waals surface area contributed by atoms with Gasteiger partial charge in [0.05, 0.1) is 6.07 Å². The van der Waals surface area contributed by atoms with Crippen molar-refractivity contribution in [3.8, 4) is 6.07 Å². The van der Waals surface area contributed by atoms with Gasteiger partial charge < -0.3 is 20.9 Å². The Bertz CT molecular complexity index is 1090. The van der Waals surface area contributed by atoms with E-state index in [-0.39, 0.29) is 24.5 Å². The molecule has 1 aromatic heterocycles. The molecule has 3 amide bonds. The summed E-state index contributed by atoms with van der Waals surface area (Å²) in [6, 6.07) is 18.6. The number of aromatic amines is 1. The maximum atomic E-state index is 12.6. The molecule has 1 aliphatic rings. The summed E-state index contributed by atoms with van der Waals surface area (Å²) in [6.45, 7) is -0.106. The number of nitrogens with zero attached hydrogens (tertiary/aromatic N) is 1. The zero-order valence-electron chi connectivity index (χ0n) is 16.4. The molecule has 4 N–H and O–H groups in total. The number of fused-ring (bicyclic) bond motifs is 1. The maximum Gasteiger partial charge on any atom is 0.315 e. The Hall–Kier alpha value is -3.79. The van der Waals surface area contributed by atoms with Crippen LogP contribution in [0.3, 0.4) is 0 Å². The van der Waals surface area contributed by atoms with E-state index in [0.29, 0.717) is 12.3 Å². The highest BCUT2D eigenvalue weighted by Crippen LogP contribution is 2.40. The smallest absolute Gasteiger partial charge is 0.315 e. The number of rotatable bonds is 7. The fraction of sp³-hybridized carbons (Fsp3) is 0.261. The Morgan fingerprint density at radius 1 is 1.13 bits per heavy atom. The van der Waals surface area contributed by atoms with Crippen molar-refractivity contribution in [2.75, 3.05) is 6.54 Å². The SMILES string of the molecule is N#CCNC(=O)C(Cc1c[nH]c2ccccc12)NC(=O)NC1CC1c1ccccc1. The zero-order chi connectivity index (χ0) is 20.9. The Balaban J connectivity index is 1.41. The first-order chi connectivity index (χ1) is 14.7. The van der Waals surface area contributed by atoms with Gasteiger partial charge in [-0.05, 0) is 23.6 Å². The quantitative estimate of drug-likeness (QED) is 0.457. The van der Waals surface area contributed by atoms with Crippen LogP contribution in [0.4, 0.5) is 4.79 Å². The summed E-state index contributed by atoms with van der Waals surface area (Å²) in [6.07, 6.45) is 3.05. The third-order valence-electron chi connectivity index (χ3n) is 5.40. The summed E-state index contributed by atoms with van der Waals surface area (Å²) in [7, 11) is 0. The first-order valence-electron chi connectivity index (χ1n) is 9.97. The normalized spacial score (nSPS) is 18.2. The molecule has 1 saturated carbocycles. The number of nitrogens with one attached hydrogen (secondary N) is 4. The van der Waals surface area contributed by atoms with Gasteiger partial charge in [-0.2, -0.15) is 5.26 Å². The lowest BCUT2D eigenvalue weighted by molar-refractivity contribution is -0.122. The van der Waals surface area contributed by atoms with Gasteiger partial charge in [0.25, 0.3) is 0 Å². The molecule has 0 saturated heterocycles. The van der Waals surface area contributed by atoms with Gasteiger partial charge in [0.2, 0.25) is 5.91 Å². The number of carbonyl (C=O) groups excluding carboxylic acids is 2. The fourth-order valence-corrected chi connectivity index (χ4v) is 3.77. The van der Waals surface area contributed by atoms with Crippen molar-refractivity contribution in [1.29, 1.82) is 5.26 Å². The van der Waals surface area contributed by atoms with E-state index in [0.717, 1.165) is 22.9 Å². The molecule has 1 fully saturated rings. The van der Waals surface area contributed by atoms with Gasteiger partial charge >= 0.3 is 6.03 Å². The van der Waals surface area contributed by atoms with Crippen molar-refractivity contribution in [1.82, 2.24) is 20.9 Å². The second kappa shape index (κ2) is 8.70. The van der Waals surface area contributed by atoms with Crippen molar-refractivity contribution in [2.24, 2.45) is 0 Å². The largest absolute Gasteiger partial charge is 0.361 e. The molecule has 152 valence electrons. The van der Waals surface area contributed by atoms with Gasteiger partial charge in [-0.15, -0.1) is 0 Å². The van der Waals surface area contributed by atoms with E-state index in [1.165, 1.54) is 5.56 Å². The molecule has 0 bridgehead atoms. The number of para-hydroxylation sites is 1. The van der Waals surface area contributed by atoms with E-state index < -0.39 is 6.04 Å². The molecule has 0 aliphatic heterocycles. The second-order valence-corrected chi connectivity index (χ2v) is 7.47. The Labute approximate surface area is 174 Å². The van der Waals surface area contributed by atoms with Gasteiger partial charge in [-0.25, -0.2) is 4.79 Å². The van der Waals surface area contributed by atoms with Crippen LogP contribution in [0.25, 0.3) is 10.9 Å². The number of benzene rings is 2. The van der Waals surface area contributed by atoms with Crippen molar-refractivity contribution < 1.29 is 9.59 Å². The molecular weight excluding hydrogens is 378 g/mol. The highest BCUT2D eigenvalue weighted by atomic mass is 16.2. The fourth-order valence-electron chi connectivity index (χ4n) is 3.77. The number of hydrogen-bond acceptors (Lipinski definition) is 3. The number of H-pyrrole nitrogens is 1. The minimum Gasteiger partial charge on any atom is -0.361 e. The predicted molar refractivity (Wildman–Crippen MR) is 114 cm³/mol. The standard InChI is InChI=1S/C23H23N5O2/c24-10-11-25-22(29)21(12-16-14-26-19-9-5-4-8-17(16)19)28-23(30)27-20-13-18(20)15-6-2-1-3-7-15/h1-9,14,18,20-21,26H,11-13H2,(H,25,29)(H2,27,28,30). The second-order valence-electron chi connectivity index (χ2n) is 7.47. The third-order valence-corrected chi connectivity index (χ3v) is 5.40. The molecule has 4 rings (SSSR count). The minimum absolute atomic E-state index is 0.0586. The van der Waals surface area contributed by atoms with E-state index in [2.05, 4.69) is 33.1 Å². The van der Waals surface area contributed by atoms with E-state index >= 15 is 0 Å². The third kappa shape index (κ3) is 4.44. The van der Waals surface area contributed by atoms with Gasteiger partial charge in [0.1, 0.15) is 12.6 Å². The molecule has 1 aliphatic carbocycles. The number of aromatic nitrogens is 1. The monoisotopic (exact) mass is 401 g/mol. The van der Waals surface area contributed by atoms with Crippen LogP contribution in [-0.2, 0) is 11.2 Å². The van der Waals surface area contributed by atoms with Crippen LogP contribution < -0.4 is 16.0 Å². The Morgan fingerprint density at radius 3 is 2.70 bits per heavy atom. The van der Waals surface area contributed by atoms with Crippen LogP contribution in [0.1, 0.15) is 23.5 Å². The molecule has 3 atom stereocenters. The number of amides is 3. The molecule has 0 radical (unpaired) electrons. The van der Waals surface area contributed by atoms with Crippen LogP contribution in [-0.4, -0.2) is 35.6 Å². The topological polar surface area (TPSA) is 110 Å². The summed E-state index contributed by atoms with van der Waals surface area (Å²) >= 11 is 0. The van der Waals surface area contributed by atoms with Gasteiger partial charge in [0.15, 0.2) is 0 Å². The van der Waals surface area contributed by atoms with Crippen molar-refractivity contribution in [3.05, 3.63) is 71.9 Å². The molecular formula is C23H23N5O2. The summed E-state index contributed by atoms with van der Waals surface area (Å²) in [5.74, 6) is -0.0798. The highest BCUT2D eigenvalue weighted by molar-refractivity contribution is 5.89. The van der Waals surface area contributed by atoms with Gasteiger partial charge in [-0.1, -0.05) is 48.5 Å². The van der Waals surface area contributed by atoms with E-state index in [4.69, 9.17) is 5.26 Å². The molecule has 30 heavy (non-hydrogen) atoms. The van der Waals surface area contributed by atoms with Crippen LogP contribution in [0.15, 0.2) is 60.8 Å². The first-order valence-corrected chi connectivity index (χ1v) is 9.97. The van der Waals surface area contributed by atoms with E-state index in [1.54, 1.807) is 0 Å². The van der Waals surface area contributed by atoms with E-state index in [9.17, 15) is 9.59 Å². The lowest BCUT2D eigenvalue weighted by Crippen LogP contribution is -2.51. The zero-order valence-corrected chi connectivity index (χ0v) is 16.4. The number of urea groups is 1. The molecule has 0 spiro atoms. The molecule has 7 nitrogen and oxygen atoms in total. The number of hydrogen-bond donors (Lipinski definition) is 4. The lowest BCUT2D eigenvalue weighted by atomic mass is 10.0. The summed E-state index contributed by atoms with van der Waals surface area (Å²) in [4.78, 5) is 28.3. The molecule has 3 aromatic rings. The Morgan fingerprint density at radius 2 is 1.90 bits per heavy atom.